The standard InChI is InChI=1S/C15H19N3OS/c1-15(7-3-2-4-8-15)18-14(19)13-11(16)12-10(20-13)6-5-9-17-12/h5-6,9H,2-4,7-8,16H2,1H3,(H,18,19). The van der Waals surface area contributed by atoms with Crippen LogP contribution in [0.5, 0.6) is 0 Å². The van der Waals surface area contributed by atoms with Crippen molar-refractivity contribution >= 4 is 33.1 Å². The first-order chi connectivity index (χ1) is 9.59. The molecule has 2 aromatic heterocycles. The molecule has 1 aliphatic carbocycles. The summed E-state index contributed by atoms with van der Waals surface area (Å²) in [5.41, 5.74) is 7.22. The molecule has 0 spiro atoms. The molecule has 2 aromatic rings. The van der Waals surface area contributed by atoms with Gasteiger partial charge in [0.1, 0.15) is 10.4 Å². The number of rotatable bonds is 2. The van der Waals surface area contributed by atoms with E-state index in [0.717, 1.165) is 23.1 Å². The Kier molecular flexibility index (Phi) is 3.38. The summed E-state index contributed by atoms with van der Waals surface area (Å²) < 4.78 is 0.962. The van der Waals surface area contributed by atoms with E-state index in [9.17, 15) is 4.79 Å². The van der Waals surface area contributed by atoms with Gasteiger partial charge in [0.05, 0.1) is 10.4 Å². The summed E-state index contributed by atoms with van der Waals surface area (Å²) >= 11 is 1.42. The molecular formula is C15H19N3OS. The largest absolute Gasteiger partial charge is 0.396 e. The second-order valence-electron chi connectivity index (χ2n) is 5.77. The van der Waals surface area contributed by atoms with Crippen LogP contribution in [0.2, 0.25) is 0 Å². The van der Waals surface area contributed by atoms with Crippen molar-refractivity contribution in [3.8, 4) is 0 Å². The van der Waals surface area contributed by atoms with Crippen LogP contribution in [0.4, 0.5) is 5.69 Å². The van der Waals surface area contributed by atoms with Crippen molar-refractivity contribution in [2.24, 2.45) is 0 Å². The molecule has 4 nitrogen and oxygen atoms in total. The number of nitrogen functional groups attached to an aromatic ring is 1. The lowest BCUT2D eigenvalue weighted by molar-refractivity contribution is 0.0888. The fourth-order valence-corrected chi connectivity index (χ4v) is 3.88. The first-order valence-electron chi connectivity index (χ1n) is 7.05. The average Bonchev–Trinajstić information content (AvgIpc) is 2.77. The molecule has 1 saturated carbocycles. The van der Waals surface area contributed by atoms with Gasteiger partial charge in [0.15, 0.2) is 0 Å². The van der Waals surface area contributed by atoms with Gasteiger partial charge in [-0.3, -0.25) is 9.78 Å². The SMILES string of the molecule is CC1(NC(=O)c2sc3cccnc3c2N)CCCCC1. The molecule has 0 bridgehead atoms. The number of nitrogens with one attached hydrogen (secondary N) is 1. The molecule has 1 fully saturated rings. The fourth-order valence-electron chi connectivity index (χ4n) is 2.90. The Balaban J connectivity index is 1.87. The van der Waals surface area contributed by atoms with Crippen LogP contribution in [0, 0.1) is 0 Å². The maximum atomic E-state index is 12.5. The van der Waals surface area contributed by atoms with Gasteiger partial charge in [0.2, 0.25) is 0 Å². The zero-order chi connectivity index (χ0) is 14.2. The number of carbonyl (C=O) groups is 1. The maximum Gasteiger partial charge on any atom is 0.263 e. The zero-order valence-electron chi connectivity index (χ0n) is 11.6. The van der Waals surface area contributed by atoms with Crippen LogP contribution >= 0.6 is 11.3 Å². The van der Waals surface area contributed by atoms with E-state index in [0.29, 0.717) is 10.6 Å². The summed E-state index contributed by atoms with van der Waals surface area (Å²) in [6.45, 7) is 2.13. The van der Waals surface area contributed by atoms with Crippen LogP contribution in [0.1, 0.15) is 48.7 Å². The zero-order valence-corrected chi connectivity index (χ0v) is 12.4. The van der Waals surface area contributed by atoms with E-state index in [-0.39, 0.29) is 11.4 Å². The van der Waals surface area contributed by atoms with Gasteiger partial charge in [-0.2, -0.15) is 0 Å². The molecule has 20 heavy (non-hydrogen) atoms. The van der Waals surface area contributed by atoms with Crippen molar-refractivity contribution in [1.29, 1.82) is 0 Å². The van der Waals surface area contributed by atoms with E-state index < -0.39 is 0 Å². The first kappa shape index (κ1) is 13.4. The van der Waals surface area contributed by atoms with Gasteiger partial charge < -0.3 is 11.1 Å². The average molecular weight is 289 g/mol. The highest BCUT2D eigenvalue weighted by atomic mass is 32.1. The van der Waals surface area contributed by atoms with Crippen LogP contribution in [0.15, 0.2) is 18.3 Å². The summed E-state index contributed by atoms with van der Waals surface area (Å²) in [5, 5.41) is 3.18. The third-order valence-corrected chi connectivity index (χ3v) is 5.22. The number of amides is 1. The Labute approximate surface area is 122 Å². The third kappa shape index (κ3) is 2.38. The number of hydrogen-bond acceptors (Lipinski definition) is 4. The number of fused-ring (bicyclic) bond motifs is 1. The highest BCUT2D eigenvalue weighted by Crippen LogP contribution is 2.33. The molecule has 0 saturated heterocycles. The summed E-state index contributed by atoms with van der Waals surface area (Å²) in [6, 6.07) is 3.81. The van der Waals surface area contributed by atoms with E-state index in [4.69, 9.17) is 5.73 Å². The number of nitrogens with two attached hydrogens (primary N) is 1. The predicted molar refractivity (Wildman–Crippen MR) is 83.0 cm³/mol. The van der Waals surface area contributed by atoms with Crippen molar-refractivity contribution in [3.63, 3.8) is 0 Å². The minimum atomic E-state index is -0.0919. The Hall–Kier alpha value is -1.62. The van der Waals surface area contributed by atoms with Gasteiger partial charge in [-0.1, -0.05) is 19.3 Å². The smallest absolute Gasteiger partial charge is 0.263 e. The number of aromatic nitrogens is 1. The van der Waals surface area contributed by atoms with E-state index in [2.05, 4.69) is 17.2 Å². The number of nitrogens with zero attached hydrogens (tertiary/aromatic N) is 1. The predicted octanol–water partition coefficient (Wildman–Crippen LogP) is 3.33. The molecular weight excluding hydrogens is 270 g/mol. The highest BCUT2D eigenvalue weighted by molar-refractivity contribution is 7.21. The minimum Gasteiger partial charge on any atom is -0.396 e. The Morgan fingerprint density at radius 1 is 1.40 bits per heavy atom. The number of carbonyl (C=O) groups excluding carboxylic acids is 1. The number of hydrogen-bond donors (Lipinski definition) is 2. The quantitative estimate of drug-likeness (QED) is 0.891. The molecule has 3 rings (SSSR count). The molecule has 0 aliphatic heterocycles. The molecule has 2 heterocycles. The molecule has 5 heteroatoms. The Morgan fingerprint density at radius 3 is 2.85 bits per heavy atom. The number of anilines is 1. The van der Waals surface area contributed by atoms with Gasteiger partial charge in [-0.15, -0.1) is 11.3 Å². The first-order valence-corrected chi connectivity index (χ1v) is 7.86. The lowest BCUT2D eigenvalue weighted by atomic mass is 9.83. The second-order valence-corrected chi connectivity index (χ2v) is 6.82. The molecule has 3 N–H and O–H groups in total. The summed E-state index contributed by atoms with van der Waals surface area (Å²) in [5.74, 6) is -0.0603. The van der Waals surface area contributed by atoms with Crippen LogP contribution in [0.3, 0.4) is 0 Å². The van der Waals surface area contributed by atoms with Crippen LogP contribution < -0.4 is 11.1 Å². The van der Waals surface area contributed by atoms with Crippen LogP contribution in [0.25, 0.3) is 10.2 Å². The number of pyridine rings is 1. The van der Waals surface area contributed by atoms with Crippen LogP contribution in [-0.4, -0.2) is 16.4 Å². The summed E-state index contributed by atoms with van der Waals surface area (Å²) in [4.78, 5) is 17.3. The Bertz CT molecular complexity index is 644. The van der Waals surface area contributed by atoms with E-state index in [1.807, 2.05) is 12.1 Å². The molecule has 0 unspecified atom stereocenters. The lowest BCUT2D eigenvalue weighted by Crippen LogP contribution is -2.47. The monoisotopic (exact) mass is 289 g/mol. The summed E-state index contributed by atoms with van der Waals surface area (Å²) in [7, 11) is 0. The molecule has 0 aromatic carbocycles. The Morgan fingerprint density at radius 2 is 2.15 bits per heavy atom. The normalized spacial score (nSPS) is 18.1. The van der Waals surface area contributed by atoms with Crippen molar-refractivity contribution in [2.45, 2.75) is 44.6 Å². The van der Waals surface area contributed by atoms with E-state index in [1.54, 1.807) is 6.20 Å². The van der Waals surface area contributed by atoms with Crippen molar-refractivity contribution in [1.82, 2.24) is 10.3 Å². The molecule has 0 atom stereocenters. The molecule has 1 amide bonds. The maximum absolute atomic E-state index is 12.5. The van der Waals surface area contributed by atoms with Crippen molar-refractivity contribution < 1.29 is 4.79 Å². The highest BCUT2D eigenvalue weighted by Gasteiger charge is 2.30. The number of thiophene rings is 1. The molecule has 106 valence electrons. The fraction of sp³-hybridized carbons (Fsp3) is 0.467. The summed E-state index contributed by atoms with van der Waals surface area (Å²) in [6.07, 6.45) is 7.42. The topological polar surface area (TPSA) is 68.0 Å². The van der Waals surface area contributed by atoms with Gasteiger partial charge in [-0.05, 0) is 31.9 Å². The van der Waals surface area contributed by atoms with E-state index >= 15 is 0 Å². The van der Waals surface area contributed by atoms with Gasteiger partial charge in [-0.25, -0.2) is 0 Å². The third-order valence-electron chi connectivity index (χ3n) is 4.06. The van der Waals surface area contributed by atoms with Crippen molar-refractivity contribution in [2.75, 3.05) is 5.73 Å². The lowest BCUT2D eigenvalue weighted by Gasteiger charge is -2.34. The molecule has 1 aliphatic rings. The second kappa shape index (κ2) is 5.05. The van der Waals surface area contributed by atoms with Gasteiger partial charge in [0, 0.05) is 11.7 Å². The van der Waals surface area contributed by atoms with Gasteiger partial charge in [0.25, 0.3) is 5.91 Å². The molecule has 0 radical (unpaired) electrons. The van der Waals surface area contributed by atoms with Crippen LogP contribution in [-0.2, 0) is 0 Å². The van der Waals surface area contributed by atoms with Crippen molar-refractivity contribution in [3.05, 3.63) is 23.2 Å². The van der Waals surface area contributed by atoms with Gasteiger partial charge >= 0.3 is 0 Å². The minimum absolute atomic E-state index is 0.0603. The van der Waals surface area contributed by atoms with E-state index in [1.165, 1.54) is 30.6 Å².